The number of benzene rings is 2. The topological polar surface area (TPSA) is 50.7 Å². The van der Waals surface area contributed by atoms with Crippen molar-refractivity contribution in [2.24, 2.45) is 5.10 Å². The Bertz CT molecular complexity index is 749. The number of aryl methyl sites for hydroxylation is 2. The maximum absolute atomic E-state index is 11.8. The average molecular weight is 322 g/mol. The maximum atomic E-state index is 11.8. The lowest BCUT2D eigenvalue weighted by molar-refractivity contribution is -0.123. The highest BCUT2D eigenvalue weighted by atomic mass is 16.5. The van der Waals surface area contributed by atoms with Gasteiger partial charge in [0.05, 0.1) is 6.21 Å². The molecule has 0 spiro atoms. The maximum Gasteiger partial charge on any atom is 0.277 e. The summed E-state index contributed by atoms with van der Waals surface area (Å²) < 4.78 is 5.51. The number of carbonyl (C=O) groups is 1. The average Bonchev–Trinajstić information content (AvgIpc) is 2.55. The van der Waals surface area contributed by atoms with Gasteiger partial charge in [-0.25, -0.2) is 5.43 Å². The molecule has 0 atom stereocenters. The molecule has 4 nitrogen and oxygen atoms in total. The van der Waals surface area contributed by atoms with Gasteiger partial charge in [0.15, 0.2) is 6.61 Å². The first-order valence-corrected chi connectivity index (χ1v) is 7.80. The number of nitrogens with one attached hydrogen (secondary N) is 1. The minimum atomic E-state index is -0.293. The summed E-state index contributed by atoms with van der Waals surface area (Å²) in [5, 5.41) is 3.94. The molecular formula is C20H22N2O2. The normalized spacial score (nSPS) is 11.5. The van der Waals surface area contributed by atoms with Crippen molar-refractivity contribution in [2.45, 2.75) is 20.8 Å². The zero-order chi connectivity index (χ0) is 17.4. The minimum Gasteiger partial charge on any atom is -0.483 e. The summed E-state index contributed by atoms with van der Waals surface area (Å²) in [4.78, 5) is 11.8. The minimum absolute atomic E-state index is 0.0668. The Morgan fingerprint density at radius 3 is 2.62 bits per heavy atom. The van der Waals surface area contributed by atoms with Gasteiger partial charge in [0.25, 0.3) is 5.91 Å². The van der Waals surface area contributed by atoms with Crippen LogP contribution < -0.4 is 10.2 Å². The fourth-order valence-corrected chi connectivity index (χ4v) is 2.19. The number of carbonyl (C=O) groups excluding carboxylic acids is 1. The monoisotopic (exact) mass is 322 g/mol. The molecule has 0 saturated heterocycles. The summed E-state index contributed by atoms with van der Waals surface area (Å²) in [5.74, 6) is 0.415. The highest BCUT2D eigenvalue weighted by molar-refractivity contribution is 5.86. The van der Waals surface area contributed by atoms with Crippen molar-refractivity contribution >= 4 is 18.2 Å². The third kappa shape index (κ3) is 5.72. The Kier molecular flexibility index (Phi) is 6.32. The van der Waals surface area contributed by atoms with Crippen molar-refractivity contribution < 1.29 is 9.53 Å². The number of allylic oxidation sites excluding steroid dienone is 1. The molecule has 0 aliphatic rings. The lowest BCUT2D eigenvalue weighted by Gasteiger charge is -2.08. The molecule has 0 aromatic heterocycles. The number of nitrogens with zero attached hydrogens (tertiary/aromatic N) is 1. The molecular weight excluding hydrogens is 300 g/mol. The fraction of sp³-hybridized carbons (Fsp3) is 0.200. The number of amides is 1. The predicted molar refractivity (Wildman–Crippen MR) is 98.1 cm³/mol. The van der Waals surface area contributed by atoms with Crippen LogP contribution in [-0.4, -0.2) is 18.7 Å². The zero-order valence-corrected chi connectivity index (χ0v) is 14.2. The molecule has 0 heterocycles. The number of hydrazone groups is 1. The SMILES string of the molecule is CC(/C=N/NC(=O)COc1ccc(C)cc1C)=C\c1ccccc1. The van der Waals surface area contributed by atoms with E-state index in [-0.39, 0.29) is 12.5 Å². The second-order valence-corrected chi connectivity index (χ2v) is 5.65. The summed E-state index contributed by atoms with van der Waals surface area (Å²) in [5.41, 5.74) is 6.66. The summed E-state index contributed by atoms with van der Waals surface area (Å²) in [6, 6.07) is 15.8. The molecule has 2 aromatic carbocycles. The molecule has 0 bridgehead atoms. The van der Waals surface area contributed by atoms with Crippen LogP contribution in [-0.2, 0) is 4.79 Å². The molecule has 1 amide bonds. The molecule has 124 valence electrons. The van der Waals surface area contributed by atoms with Gasteiger partial charge < -0.3 is 4.74 Å². The van der Waals surface area contributed by atoms with Crippen molar-refractivity contribution in [3.63, 3.8) is 0 Å². The third-order valence-corrected chi connectivity index (χ3v) is 3.34. The highest BCUT2D eigenvalue weighted by Gasteiger charge is 2.04. The van der Waals surface area contributed by atoms with Crippen molar-refractivity contribution in [3.05, 3.63) is 70.8 Å². The number of hydrogen-bond donors (Lipinski definition) is 1. The standard InChI is InChI=1S/C20H22N2O2/c1-15-9-10-19(17(3)11-15)24-14-20(23)22-21-13-16(2)12-18-7-5-4-6-8-18/h4-13H,14H2,1-3H3,(H,22,23)/b16-12+,21-13+. The molecule has 2 aromatic rings. The molecule has 24 heavy (non-hydrogen) atoms. The van der Waals surface area contributed by atoms with Gasteiger partial charge in [0.2, 0.25) is 0 Å². The van der Waals surface area contributed by atoms with Crippen molar-refractivity contribution in [1.29, 1.82) is 0 Å². The molecule has 1 N–H and O–H groups in total. The number of ether oxygens (including phenoxy) is 1. The Balaban J connectivity index is 1.81. The van der Waals surface area contributed by atoms with Gasteiger partial charge in [-0.15, -0.1) is 0 Å². The third-order valence-electron chi connectivity index (χ3n) is 3.34. The van der Waals surface area contributed by atoms with Crippen molar-refractivity contribution in [2.75, 3.05) is 6.61 Å². The van der Waals surface area contributed by atoms with Crippen LogP contribution in [0, 0.1) is 13.8 Å². The molecule has 4 heteroatoms. The Labute approximate surface area is 142 Å². The van der Waals surface area contributed by atoms with Crippen LogP contribution in [0.2, 0.25) is 0 Å². The van der Waals surface area contributed by atoms with Gasteiger partial charge >= 0.3 is 0 Å². The number of rotatable bonds is 6. The van der Waals surface area contributed by atoms with Crippen molar-refractivity contribution in [3.8, 4) is 5.75 Å². The van der Waals surface area contributed by atoms with E-state index in [0.717, 1.165) is 22.3 Å². The van der Waals surface area contributed by atoms with E-state index in [1.165, 1.54) is 0 Å². The molecule has 0 aliphatic carbocycles. The lowest BCUT2D eigenvalue weighted by atomic mass is 10.1. The van der Waals surface area contributed by atoms with Gasteiger partial charge in [-0.05, 0) is 43.5 Å². The molecule has 0 fully saturated rings. The highest BCUT2D eigenvalue weighted by Crippen LogP contribution is 2.18. The first-order chi connectivity index (χ1) is 11.5. The Morgan fingerprint density at radius 2 is 1.92 bits per heavy atom. The van der Waals surface area contributed by atoms with Gasteiger partial charge in [-0.3, -0.25) is 4.79 Å². The predicted octanol–water partition coefficient (Wildman–Crippen LogP) is 3.89. The van der Waals surface area contributed by atoms with E-state index in [0.29, 0.717) is 5.75 Å². The molecule has 0 saturated carbocycles. The van der Waals surface area contributed by atoms with Crippen LogP contribution in [0.25, 0.3) is 6.08 Å². The van der Waals surface area contributed by atoms with E-state index < -0.39 is 0 Å². The van der Waals surface area contributed by atoms with Crippen molar-refractivity contribution in [1.82, 2.24) is 5.43 Å². The Morgan fingerprint density at radius 1 is 1.17 bits per heavy atom. The summed E-state index contributed by atoms with van der Waals surface area (Å²) >= 11 is 0. The first kappa shape index (κ1) is 17.5. The summed E-state index contributed by atoms with van der Waals surface area (Å²) in [6.07, 6.45) is 3.60. The summed E-state index contributed by atoms with van der Waals surface area (Å²) in [6.45, 7) is 5.83. The van der Waals surface area contributed by atoms with Crippen LogP contribution in [0.15, 0.2) is 59.2 Å². The lowest BCUT2D eigenvalue weighted by Crippen LogP contribution is -2.24. The molecule has 0 radical (unpaired) electrons. The van der Waals surface area contributed by atoms with E-state index in [2.05, 4.69) is 10.5 Å². The largest absolute Gasteiger partial charge is 0.483 e. The molecule has 2 rings (SSSR count). The zero-order valence-electron chi connectivity index (χ0n) is 14.2. The van der Waals surface area contributed by atoms with Gasteiger partial charge in [-0.1, -0.05) is 54.1 Å². The molecule has 0 aliphatic heterocycles. The first-order valence-electron chi connectivity index (χ1n) is 7.80. The smallest absolute Gasteiger partial charge is 0.277 e. The van der Waals surface area contributed by atoms with E-state index in [4.69, 9.17) is 4.74 Å². The van der Waals surface area contributed by atoms with E-state index in [9.17, 15) is 4.79 Å². The van der Waals surface area contributed by atoms with Crippen LogP contribution >= 0.6 is 0 Å². The second kappa shape index (κ2) is 8.67. The van der Waals surface area contributed by atoms with E-state index in [1.807, 2.05) is 75.4 Å². The summed E-state index contributed by atoms with van der Waals surface area (Å²) in [7, 11) is 0. The van der Waals surface area contributed by atoms with Crippen LogP contribution in [0.5, 0.6) is 5.75 Å². The van der Waals surface area contributed by atoms with Crippen LogP contribution in [0.3, 0.4) is 0 Å². The van der Waals surface area contributed by atoms with Crippen LogP contribution in [0.1, 0.15) is 23.6 Å². The quantitative estimate of drug-likeness (QED) is 0.648. The van der Waals surface area contributed by atoms with Gasteiger partial charge in [0, 0.05) is 0 Å². The van der Waals surface area contributed by atoms with Gasteiger partial charge in [-0.2, -0.15) is 5.10 Å². The van der Waals surface area contributed by atoms with E-state index >= 15 is 0 Å². The van der Waals surface area contributed by atoms with Crippen LogP contribution in [0.4, 0.5) is 0 Å². The van der Waals surface area contributed by atoms with Gasteiger partial charge in [0.1, 0.15) is 5.75 Å². The molecule has 0 unspecified atom stereocenters. The number of hydrogen-bond acceptors (Lipinski definition) is 3. The second-order valence-electron chi connectivity index (χ2n) is 5.65. The van der Waals surface area contributed by atoms with E-state index in [1.54, 1.807) is 6.21 Å². The Hall–Kier alpha value is -2.88. The fourth-order valence-electron chi connectivity index (χ4n) is 2.19.